The van der Waals surface area contributed by atoms with E-state index in [2.05, 4.69) is 20.7 Å². The summed E-state index contributed by atoms with van der Waals surface area (Å²) in [6.45, 7) is 6.26. The third-order valence-electron chi connectivity index (χ3n) is 4.98. The van der Waals surface area contributed by atoms with Gasteiger partial charge in [-0.1, -0.05) is 29.8 Å². The highest BCUT2D eigenvalue weighted by molar-refractivity contribution is 9.10. The highest BCUT2D eigenvalue weighted by atomic mass is 79.9. The van der Waals surface area contributed by atoms with E-state index in [4.69, 9.17) is 14.8 Å². The standard InChI is InChI=1S/C20H17BrN2O5.C2H6/c1-10-5-17-18-13(7-23(17)19(24)14(10)9-28-20(25)26)15(8-27-2)12-6-11(21)3-4-16(12)22-18;1-2/h3-6H,7-9H2,1-2H3,(H,25,26);1-2H3. The molecule has 2 aromatic heterocycles. The maximum absolute atomic E-state index is 13.0. The van der Waals surface area contributed by atoms with Crippen molar-refractivity contribution >= 4 is 33.0 Å². The van der Waals surface area contributed by atoms with Crippen LogP contribution in [0.15, 0.2) is 33.5 Å². The van der Waals surface area contributed by atoms with Crippen molar-refractivity contribution in [3.63, 3.8) is 0 Å². The Bertz CT molecular complexity index is 1190. The van der Waals surface area contributed by atoms with Crippen molar-refractivity contribution in [2.75, 3.05) is 7.11 Å². The zero-order chi connectivity index (χ0) is 22.0. The van der Waals surface area contributed by atoms with Crippen molar-refractivity contribution in [3.8, 4) is 11.4 Å². The lowest BCUT2D eigenvalue weighted by atomic mass is 10.0. The Labute approximate surface area is 182 Å². The van der Waals surface area contributed by atoms with Crippen molar-refractivity contribution in [1.82, 2.24) is 9.55 Å². The molecule has 0 aliphatic carbocycles. The van der Waals surface area contributed by atoms with E-state index in [1.54, 1.807) is 18.6 Å². The molecule has 0 saturated heterocycles. The second-order valence-corrected chi connectivity index (χ2v) is 7.56. The van der Waals surface area contributed by atoms with Gasteiger partial charge in [0.15, 0.2) is 0 Å². The Balaban J connectivity index is 0.00000124. The normalized spacial score (nSPS) is 11.5. The van der Waals surface area contributed by atoms with E-state index < -0.39 is 6.16 Å². The first kappa shape index (κ1) is 22.0. The summed E-state index contributed by atoms with van der Waals surface area (Å²) in [5, 5.41) is 9.73. The van der Waals surface area contributed by atoms with Gasteiger partial charge in [0.1, 0.15) is 6.61 Å². The van der Waals surface area contributed by atoms with Crippen LogP contribution in [0.1, 0.15) is 36.1 Å². The number of ether oxygens (including phenoxy) is 2. The van der Waals surface area contributed by atoms with Crippen LogP contribution in [0.25, 0.3) is 22.3 Å². The Kier molecular flexibility index (Phi) is 6.58. The molecule has 4 rings (SSSR count). The van der Waals surface area contributed by atoms with Crippen LogP contribution in [0, 0.1) is 6.92 Å². The SMILES string of the molecule is CC.COCc1c2c(nc3ccc(Br)cc13)-c1cc(C)c(COC(=O)O)c(=O)n1C2. The van der Waals surface area contributed by atoms with Gasteiger partial charge in [0.25, 0.3) is 5.56 Å². The second-order valence-electron chi connectivity index (χ2n) is 6.65. The van der Waals surface area contributed by atoms with Crippen molar-refractivity contribution in [3.05, 3.63) is 61.3 Å². The first-order chi connectivity index (χ1) is 14.4. The van der Waals surface area contributed by atoms with Gasteiger partial charge in [-0.25, -0.2) is 9.78 Å². The van der Waals surface area contributed by atoms with Crippen LogP contribution in [-0.2, 0) is 29.2 Å². The van der Waals surface area contributed by atoms with Crippen LogP contribution in [0.5, 0.6) is 0 Å². The number of carboxylic acid groups (broad SMARTS) is 1. The van der Waals surface area contributed by atoms with E-state index in [1.165, 1.54) is 0 Å². The molecular formula is C22H23BrN2O5. The Morgan fingerprint density at radius 1 is 1.23 bits per heavy atom. The molecule has 0 saturated carbocycles. The molecule has 1 aromatic carbocycles. The third-order valence-corrected chi connectivity index (χ3v) is 5.47. The summed E-state index contributed by atoms with van der Waals surface area (Å²) in [6.07, 6.45) is -1.41. The number of nitrogens with zero attached hydrogens (tertiary/aromatic N) is 2. The molecule has 0 atom stereocenters. The summed E-state index contributed by atoms with van der Waals surface area (Å²) < 4.78 is 12.6. The Hall–Kier alpha value is -2.71. The third kappa shape index (κ3) is 3.85. The van der Waals surface area contributed by atoms with Gasteiger partial charge in [-0.3, -0.25) is 4.79 Å². The van der Waals surface area contributed by atoms with Gasteiger partial charge in [-0.15, -0.1) is 0 Å². The molecule has 30 heavy (non-hydrogen) atoms. The number of benzene rings is 1. The summed E-state index contributed by atoms with van der Waals surface area (Å²) in [5.41, 5.74) is 4.99. The number of hydrogen-bond acceptors (Lipinski definition) is 5. The molecule has 0 unspecified atom stereocenters. The molecule has 1 aliphatic rings. The molecular weight excluding hydrogens is 452 g/mol. The molecule has 3 heterocycles. The molecule has 7 nitrogen and oxygen atoms in total. The predicted octanol–water partition coefficient (Wildman–Crippen LogP) is 4.86. The van der Waals surface area contributed by atoms with Crippen LogP contribution in [0.3, 0.4) is 0 Å². The van der Waals surface area contributed by atoms with Gasteiger partial charge in [0, 0.05) is 22.5 Å². The lowest BCUT2D eigenvalue weighted by molar-refractivity contribution is 0.0848. The molecule has 0 bridgehead atoms. The lowest BCUT2D eigenvalue weighted by Gasteiger charge is -2.11. The Morgan fingerprint density at radius 3 is 2.63 bits per heavy atom. The summed E-state index contributed by atoms with van der Waals surface area (Å²) in [5.74, 6) is 0. The van der Waals surface area contributed by atoms with Crippen molar-refractivity contribution in [1.29, 1.82) is 0 Å². The lowest BCUT2D eigenvalue weighted by Crippen LogP contribution is -2.25. The number of halogens is 1. The van der Waals surface area contributed by atoms with E-state index >= 15 is 0 Å². The number of hydrogen-bond donors (Lipinski definition) is 1. The molecule has 8 heteroatoms. The fourth-order valence-electron chi connectivity index (χ4n) is 3.66. The van der Waals surface area contributed by atoms with Crippen molar-refractivity contribution in [2.45, 2.75) is 40.5 Å². The van der Waals surface area contributed by atoms with Crippen LogP contribution in [0.2, 0.25) is 0 Å². The van der Waals surface area contributed by atoms with Gasteiger partial charge in [0.05, 0.1) is 35.6 Å². The molecule has 0 spiro atoms. The number of aromatic nitrogens is 2. The van der Waals surface area contributed by atoms with Gasteiger partial charge in [-0.2, -0.15) is 0 Å². The topological polar surface area (TPSA) is 90.7 Å². The quantitative estimate of drug-likeness (QED) is 0.424. The molecule has 158 valence electrons. The van der Waals surface area contributed by atoms with Crippen molar-refractivity contribution in [2.24, 2.45) is 0 Å². The largest absolute Gasteiger partial charge is 0.506 e. The number of aryl methyl sites for hydroxylation is 1. The number of carbonyl (C=O) groups is 1. The monoisotopic (exact) mass is 474 g/mol. The number of methoxy groups -OCH3 is 1. The Morgan fingerprint density at radius 2 is 1.97 bits per heavy atom. The van der Waals surface area contributed by atoms with E-state index in [-0.39, 0.29) is 12.2 Å². The number of fused-ring (bicyclic) bond motifs is 4. The fourth-order valence-corrected chi connectivity index (χ4v) is 4.03. The van der Waals surface area contributed by atoms with Gasteiger partial charge in [0.2, 0.25) is 0 Å². The molecule has 0 radical (unpaired) electrons. The fraction of sp³-hybridized carbons (Fsp3) is 0.318. The number of pyridine rings is 2. The van der Waals surface area contributed by atoms with Crippen LogP contribution < -0.4 is 5.56 Å². The number of rotatable bonds is 4. The highest BCUT2D eigenvalue weighted by Gasteiger charge is 2.27. The van der Waals surface area contributed by atoms with Gasteiger partial charge >= 0.3 is 6.16 Å². The average Bonchev–Trinajstić information content (AvgIpc) is 3.08. The van der Waals surface area contributed by atoms with Crippen LogP contribution >= 0.6 is 15.9 Å². The van der Waals surface area contributed by atoms with E-state index in [9.17, 15) is 9.59 Å². The first-order valence-corrected chi connectivity index (χ1v) is 10.4. The predicted molar refractivity (Wildman–Crippen MR) is 118 cm³/mol. The maximum atomic E-state index is 13.0. The molecule has 0 fully saturated rings. The molecule has 0 amide bonds. The average molecular weight is 475 g/mol. The van der Waals surface area contributed by atoms with E-state index in [1.807, 2.05) is 38.1 Å². The van der Waals surface area contributed by atoms with E-state index in [0.717, 1.165) is 37.9 Å². The van der Waals surface area contributed by atoms with Crippen LogP contribution in [-0.4, -0.2) is 27.9 Å². The second kappa shape index (κ2) is 8.97. The molecule has 3 aromatic rings. The summed E-state index contributed by atoms with van der Waals surface area (Å²) in [6, 6.07) is 7.72. The summed E-state index contributed by atoms with van der Waals surface area (Å²) >= 11 is 3.50. The van der Waals surface area contributed by atoms with E-state index in [0.29, 0.717) is 24.3 Å². The minimum absolute atomic E-state index is 0.261. The molecule has 1 N–H and O–H groups in total. The zero-order valence-corrected chi connectivity index (χ0v) is 18.9. The van der Waals surface area contributed by atoms with Gasteiger partial charge in [-0.05, 0) is 42.3 Å². The summed E-state index contributed by atoms with van der Waals surface area (Å²) in [7, 11) is 1.64. The van der Waals surface area contributed by atoms with Crippen molar-refractivity contribution < 1.29 is 19.4 Å². The smallest absolute Gasteiger partial charge is 0.450 e. The van der Waals surface area contributed by atoms with Gasteiger partial charge < -0.3 is 19.1 Å². The minimum Gasteiger partial charge on any atom is -0.450 e. The zero-order valence-electron chi connectivity index (χ0n) is 17.3. The first-order valence-electron chi connectivity index (χ1n) is 9.60. The minimum atomic E-state index is -1.41. The summed E-state index contributed by atoms with van der Waals surface area (Å²) in [4.78, 5) is 28.5. The van der Waals surface area contributed by atoms with Crippen LogP contribution in [0.4, 0.5) is 4.79 Å². The maximum Gasteiger partial charge on any atom is 0.506 e. The highest BCUT2D eigenvalue weighted by Crippen LogP contribution is 2.37. The molecule has 1 aliphatic heterocycles.